The molecule has 0 spiro atoms. The number of ether oxygens (including phenoxy) is 2. The number of benzene rings is 2. The van der Waals surface area contributed by atoms with E-state index < -0.39 is 5.63 Å². The Morgan fingerprint density at radius 2 is 1.83 bits per heavy atom. The number of amides is 1. The first-order chi connectivity index (χ1) is 14.0. The summed E-state index contributed by atoms with van der Waals surface area (Å²) in [6.45, 7) is 4.34. The van der Waals surface area contributed by atoms with Crippen LogP contribution in [0.1, 0.15) is 29.5 Å². The molecule has 1 aromatic heterocycles. The molecule has 6 nitrogen and oxygen atoms in total. The van der Waals surface area contributed by atoms with Crippen LogP contribution in [-0.4, -0.2) is 26.7 Å². The maximum atomic E-state index is 12.6. The summed E-state index contributed by atoms with van der Waals surface area (Å²) in [5.74, 6) is 0.787. The fourth-order valence-electron chi connectivity index (χ4n) is 3.36. The Morgan fingerprint density at radius 1 is 1.10 bits per heavy atom. The van der Waals surface area contributed by atoms with Crippen molar-refractivity contribution in [2.24, 2.45) is 0 Å². The highest BCUT2D eigenvalue weighted by Crippen LogP contribution is 2.36. The van der Waals surface area contributed by atoms with E-state index in [1.807, 2.05) is 37.3 Å². The summed E-state index contributed by atoms with van der Waals surface area (Å²) in [6, 6.07) is 13.5. The van der Waals surface area contributed by atoms with Crippen LogP contribution >= 0.6 is 0 Å². The van der Waals surface area contributed by atoms with Gasteiger partial charge in [-0.15, -0.1) is 0 Å². The lowest BCUT2D eigenvalue weighted by Gasteiger charge is -2.14. The summed E-state index contributed by atoms with van der Waals surface area (Å²) in [5.41, 5.74) is 1.96. The third-order valence-corrected chi connectivity index (χ3v) is 5.11. The molecule has 0 saturated heterocycles. The van der Waals surface area contributed by atoms with Crippen LogP contribution in [0.4, 0.5) is 0 Å². The van der Waals surface area contributed by atoms with Gasteiger partial charge < -0.3 is 19.2 Å². The number of methoxy groups -OCH3 is 2. The fourth-order valence-corrected chi connectivity index (χ4v) is 3.36. The highest BCUT2D eigenvalue weighted by Gasteiger charge is 2.19. The minimum absolute atomic E-state index is 0.0417. The molecule has 0 saturated carbocycles. The van der Waals surface area contributed by atoms with Gasteiger partial charge in [0.25, 0.3) is 0 Å². The summed E-state index contributed by atoms with van der Waals surface area (Å²) in [6.07, 6.45) is -0.0417. The van der Waals surface area contributed by atoms with Gasteiger partial charge in [0.1, 0.15) is 0 Å². The molecule has 0 fully saturated rings. The van der Waals surface area contributed by atoms with Crippen molar-refractivity contribution in [2.45, 2.75) is 26.2 Å². The molecule has 29 heavy (non-hydrogen) atoms. The maximum Gasteiger partial charge on any atom is 0.340 e. The Morgan fingerprint density at radius 3 is 2.48 bits per heavy atom. The van der Waals surface area contributed by atoms with Crippen molar-refractivity contribution in [1.29, 1.82) is 0 Å². The van der Waals surface area contributed by atoms with Crippen molar-refractivity contribution in [1.82, 2.24) is 5.32 Å². The summed E-state index contributed by atoms with van der Waals surface area (Å²) >= 11 is 0. The lowest BCUT2D eigenvalue weighted by Crippen LogP contribution is -2.30. The molecule has 1 atom stereocenters. The standard InChI is InChI=1S/C23H25NO5/c1-14(16-8-6-5-7-9-16)13-24-20(25)12-18-15(2)17-10-11-19(27-3)22(28-4)21(17)29-23(18)26/h5-11,14H,12-13H2,1-4H3,(H,24,25). The van der Waals surface area contributed by atoms with E-state index in [4.69, 9.17) is 13.9 Å². The van der Waals surface area contributed by atoms with Crippen LogP contribution in [0, 0.1) is 6.92 Å². The number of nitrogens with one attached hydrogen (secondary N) is 1. The van der Waals surface area contributed by atoms with E-state index in [9.17, 15) is 9.59 Å². The molecule has 6 heteroatoms. The smallest absolute Gasteiger partial charge is 0.340 e. The Bertz CT molecular complexity index is 1070. The number of fused-ring (bicyclic) bond motifs is 1. The van der Waals surface area contributed by atoms with Gasteiger partial charge in [0, 0.05) is 11.9 Å². The van der Waals surface area contributed by atoms with Gasteiger partial charge in [0.15, 0.2) is 11.3 Å². The van der Waals surface area contributed by atoms with Gasteiger partial charge in [-0.05, 0) is 36.1 Å². The SMILES string of the molecule is COc1ccc2c(C)c(CC(=O)NCC(C)c3ccccc3)c(=O)oc2c1OC. The van der Waals surface area contributed by atoms with Crippen LogP contribution in [0.3, 0.4) is 0 Å². The van der Waals surface area contributed by atoms with Crippen LogP contribution in [0.15, 0.2) is 51.7 Å². The molecule has 0 bridgehead atoms. The van der Waals surface area contributed by atoms with E-state index in [0.717, 1.165) is 5.56 Å². The van der Waals surface area contributed by atoms with Gasteiger partial charge in [0.2, 0.25) is 11.7 Å². The van der Waals surface area contributed by atoms with E-state index in [2.05, 4.69) is 5.32 Å². The summed E-state index contributed by atoms with van der Waals surface area (Å²) in [5, 5.41) is 3.62. The van der Waals surface area contributed by atoms with Crippen LogP contribution in [0.2, 0.25) is 0 Å². The van der Waals surface area contributed by atoms with E-state index in [-0.39, 0.29) is 18.2 Å². The van der Waals surface area contributed by atoms with Crippen molar-refractivity contribution in [3.05, 3.63) is 69.6 Å². The highest BCUT2D eigenvalue weighted by molar-refractivity contribution is 5.89. The number of hydrogen-bond donors (Lipinski definition) is 1. The first-order valence-electron chi connectivity index (χ1n) is 9.45. The predicted octanol–water partition coefficient (Wildman–Crippen LogP) is 3.58. The minimum atomic E-state index is -0.548. The van der Waals surface area contributed by atoms with Gasteiger partial charge in [-0.2, -0.15) is 0 Å². The van der Waals surface area contributed by atoms with Gasteiger partial charge >= 0.3 is 5.63 Å². The largest absolute Gasteiger partial charge is 0.493 e. The first-order valence-corrected chi connectivity index (χ1v) is 9.45. The zero-order chi connectivity index (χ0) is 21.0. The molecule has 0 radical (unpaired) electrons. The predicted molar refractivity (Wildman–Crippen MR) is 112 cm³/mol. The maximum absolute atomic E-state index is 12.6. The minimum Gasteiger partial charge on any atom is -0.493 e. The monoisotopic (exact) mass is 395 g/mol. The molecule has 0 aliphatic heterocycles. The van der Waals surface area contributed by atoms with Crippen molar-refractivity contribution in [2.75, 3.05) is 20.8 Å². The second kappa shape index (κ2) is 8.82. The molecule has 3 rings (SSSR count). The average Bonchev–Trinajstić information content (AvgIpc) is 2.74. The number of aryl methyl sites for hydroxylation is 1. The van der Waals surface area contributed by atoms with Gasteiger partial charge in [-0.25, -0.2) is 4.79 Å². The molecule has 3 aromatic rings. The Labute approximate surface area is 169 Å². The Balaban J connectivity index is 1.81. The van der Waals surface area contributed by atoms with Crippen LogP contribution < -0.4 is 20.4 Å². The van der Waals surface area contributed by atoms with Gasteiger partial charge in [-0.3, -0.25) is 4.79 Å². The summed E-state index contributed by atoms with van der Waals surface area (Å²) in [7, 11) is 3.01. The third kappa shape index (κ3) is 4.26. The summed E-state index contributed by atoms with van der Waals surface area (Å²) in [4.78, 5) is 25.0. The zero-order valence-electron chi connectivity index (χ0n) is 17.1. The zero-order valence-corrected chi connectivity index (χ0v) is 17.1. The third-order valence-electron chi connectivity index (χ3n) is 5.11. The van der Waals surface area contributed by atoms with E-state index in [1.165, 1.54) is 14.2 Å². The van der Waals surface area contributed by atoms with Crippen LogP contribution in [0.5, 0.6) is 11.5 Å². The van der Waals surface area contributed by atoms with Crippen molar-refractivity contribution < 1.29 is 18.7 Å². The molecule has 1 N–H and O–H groups in total. The molecule has 1 amide bonds. The second-order valence-corrected chi connectivity index (χ2v) is 6.96. The molecule has 1 heterocycles. The van der Waals surface area contributed by atoms with E-state index in [0.29, 0.717) is 40.1 Å². The van der Waals surface area contributed by atoms with Gasteiger partial charge in [-0.1, -0.05) is 37.3 Å². The topological polar surface area (TPSA) is 77.8 Å². The number of hydrogen-bond acceptors (Lipinski definition) is 5. The molecule has 2 aromatic carbocycles. The van der Waals surface area contributed by atoms with Crippen molar-refractivity contribution in [3.8, 4) is 11.5 Å². The van der Waals surface area contributed by atoms with Crippen molar-refractivity contribution in [3.63, 3.8) is 0 Å². The number of rotatable bonds is 7. The molecule has 0 aliphatic rings. The second-order valence-electron chi connectivity index (χ2n) is 6.96. The lowest BCUT2D eigenvalue weighted by molar-refractivity contribution is -0.120. The average molecular weight is 395 g/mol. The Hall–Kier alpha value is -3.28. The van der Waals surface area contributed by atoms with E-state index in [1.54, 1.807) is 19.1 Å². The first kappa shape index (κ1) is 20.5. The molecule has 0 aliphatic carbocycles. The number of carbonyl (C=O) groups excluding carboxylic acids is 1. The van der Waals surface area contributed by atoms with Crippen LogP contribution in [0.25, 0.3) is 11.0 Å². The number of carbonyl (C=O) groups is 1. The Kier molecular flexibility index (Phi) is 6.22. The molecular formula is C23H25NO5. The van der Waals surface area contributed by atoms with Gasteiger partial charge in [0.05, 0.1) is 26.2 Å². The highest BCUT2D eigenvalue weighted by atomic mass is 16.5. The normalized spacial score (nSPS) is 11.9. The quantitative estimate of drug-likeness (QED) is 0.619. The molecular weight excluding hydrogens is 370 g/mol. The van der Waals surface area contributed by atoms with Crippen molar-refractivity contribution >= 4 is 16.9 Å². The van der Waals surface area contributed by atoms with E-state index >= 15 is 0 Å². The molecule has 1 unspecified atom stereocenters. The van der Waals surface area contributed by atoms with Crippen LogP contribution in [-0.2, 0) is 11.2 Å². The fraction of sp³-hybridized carbons (Fsp3) is 0.304. The molecule has 152 valence electrons. The summed E-state index contributed by atoms with van der Waals surface area (Å²) < 4.78 is 16.1. The lowest BCUT2D eigenvalue weighted by atomic mass is 10.0.